The molecular formula is C24H36N3NaO2. The Hall–Kier alpha value is -1.17. The number of aryl methyl sites for hydroxylation is 1. The molecule has 160 valence electrons. The van der Waals surface area contributed by atoms with Gasteiger partial charge in [-0.15, -0.1) is 0 Å². The third-order valence-corrected chi connectivity index (χ3v) is 5.29. The van der Waals surface area contributed by atoms with Gasteiger partial charge >= 0.3 is 29.6 Å². The van der Waals surface area contributed by atoms with E-state index in [9.17, 15) is 9.90 Å². The molecule has 0 atom stereocenters. The second-order valence-electron chi connectivity index (χ2n) is 7.86. The van der Waals surface area contributed by atoms with Gasteiger partial charge in [-0.3, -0.25) is 0 Å². The maximum Gasteiger partial charge on any atom is 1.00 e. The zero-order valence-corrected chi connectivity index (χ0v) is 20.7. The number of fused-ring (bicyclic) bond motifs is 1. The Bertz CT molecular complexity index is 730. The molecule has 30 heavy (non-hydrogen) atoms. The number of unbranched alkanes of at least 4 members (excludes halogenated alkanes) is 11. The number of carboxylic acid groups (broad SMARTS) is 1. The first-order chi connectivity index (χ1) is 14.3. The van der Waals surface area contributed by atoms with Crippen molar-refractivity contribution in [3.63, 3.8) is 0 Å². The molecule has 0 unspecified atom stereocenters. The Balaban J connectivity index is 0.00000450. The average Bonchev–Trinajstić information content (AvgIpc) is 3.18. The molecule has 2 rings (SSSR count). The Kier molecular flexibility index (Phi) is 15.7. The van der Waals surface area contributed by atoms with Crippen LogP contribution in [0.5, 0.6) is 0 Å². The Morgan fingerprint density at radius 3 is 2.13 bits per heavy atom. The van der Waals surface area contributed by atoms with Crippen molar-refractivity contribution in [3.8, 4) is 0 Å². The number of hydrogen-bond donors (Lipinski definition) is 0. The van der Waals surface area contributed by atoms with Gasteiger partial charge in [0.1, 0.15) is 0 Å². The molecule has 5 nitrogen and oxygen atoms in total. The maximum atomic E-state index is 10.3. The monoisotopic (exact) mass is 421 g/mol. The van der Waals surface area contributed by atoms with Crippen LogP contribution < -0.4 is 34.7 Å². The second-order valence-corrected chi connectivity index (χ2v) is 7.86. The topological polar surface area (TPSA) is 70.3 Å². The molecule has 2 heterocycles. The van der Waals surface area contributed by atoms with Crippen molar-refractivity contribution in [2.24, 2.45) is 0 Å². The normalized spacial score (nSPS) is 11.2. The van der Waals surface area contributed by atoms with Crippen LogP contribution in [0.25, 0.3) is 5.65 Å². The number of allylic oxidation sites excluding steroid dienone is 2. The number of aliphatic carboxylic acids is 1. The van der Waals surface area contributed by atoms with Gasteiger partial charge in [-0.1, -0.05) is 57.1 Å². The van der Waals surface area contributed by atoms with Crippen molar-refractivity contribution in [2.75, 3.05) is 0 Å². The van der Waals surface area contributed by atoms with E-state index in [-0.39, 0.29) is 36.0 Å². The third-order valence-electron chi connectivity index (χ3n) is 5.29. The summed E-state index contributed by atoms with van der Waals surface area (Å²) < 4.78 is 1.81. The van der Waals surface area contributed by atoms with Gasteiger partial charge in [0, 0.05) is 23.9 Å². The van der Waals surface area contributed by atoms with E-state index < -0.39 is 5.97 Å². The molecule has 0 radical (unpaired) electrons. The summed E-state index contributed by atoms with van der Waals surface area (Å²) in [5.41, 5.74) is 2.10. The first kappa shape index (κ1) is 26.9. The van der Waals surface area contributed by atoms with Gasteiger partial charge < -0.3 is 9.90 Å². The van der Waals surface area contributed by atoms with Crippen LogP contribution in [-0.2, 0) is 11.2 Å². The predicted molar refractivity (Wildman–Crippen MR) is 115 cm³/mol. The number of carbonyl (C=O) groups is 1. The SMILES string of the molecule is O=C([O-])CCCCCCCC=CCCCCCCCCc1ccn2nccc2n1.[Na+]. The Morgan fingerprint density at radius 1 is 0.867 bits per heavy atom. The molecule has 2 aromatic heterocycles. The fraction of sp³-hybridized carbons (Fsp3) is 0.625. The van der Waals surface area contributed by atoms with Gasteiger partial charge in [0.15, 0.2) is 5.65 Å². The minimum atomic E-state index is -0.922. The Labute approximate surface area is 203 Å². The smallest absolute Gasteiger partial charge is 0.550 e. The largest absolute Gasteiger partial charge is 1.00 e. The van der Waals surface area contributed by atoms with Gasteiger partial charge in [-0.05, 0) is 57.4 Å². The minimum Gasteiger partial charge on any atom is -0.550 e. The maximum absolute atomic E-state index is 10.3. The summed E-state index contributed by atoms with van der Waals surface area (Å²) in [7, 11) is 0. The van der Waals surface area contributed by atoms with Gasteiger partial charge in [-0.2, -0.15) is 5.10 Å². The number of aromatic nitrogens is 3. The van der Waals surface area contributed by atoms with Crippen LogP contribution in [0.1, 0.15) is 95.6 Å². The van der Waals surface area contributed by atoms with E-state index in [2.05, 4.69) is 28.3 Å². The van der Waals surface area contributed by atoms with E-state index in [1.165, 1.54) is 63.5 Å². The van der Waals surface area contributed by atoms with Crippen LogP contribution in [-0.4, -0.2) is 20.6 Å². The third kappa shape index (κ3) is 12.5. The van der Waals surface area contributed by atoms with Crippen molar-refractivity contribution < 1.29 is 39.5 Å². The molecule has 0 bridgehead atoms. The number of carboxylic acids is 1. The molecule has 0 saturated heterocycles. The molecule has 0 fully saturated rings. The summed E-state index contributed by atoms with van der Waals surface area (Å²) in [6.45, 7) is 0. The van der Waals surface area contributed by atoms with Gasteiger partial charge in [-0.25, -0.2) is 9.50 Å². The fourth-order valence-electron chi connectivity index (χ4n) is 3.56. The number of rotatable bonds is 17. The molecule has 0 aliphatic carbocycles. The van der Waals surface area contributed by atoms with E-state index >= 15 is 0 Å². The molecule has 0 N–H and O–H groups in total. The summed E-state index contributed by atoms with van der Waals surface area (Å²) in [6.07, 6.45) is 25.1. The van der Waals surface area contributed by atoms with Crippen molar-refractivity contribution >= 4 is 11.6 Å². The summed E-state index contributed by atoms with van der Waals surface area (Å²) in [4.78, 5) is 14.9. The summed E-state index contributed by atoms with van der Waals surface area (Å²) >= 11 is 0. The molecule has 6 heteroatoms. The van der Waals surface area contributed by atoms with E-state index in [1.807, 2.05) is 12.3 Å². The molecule has 2 aromatic rings. The second kappa shape index (κ2) is 17.5. The van der Waals surface area contributed by atoms with Crippen LogP contribution in [0.15, 0.2) is 36.7 Å². The van der Waals surface area contributed by atoms with Gasteiger partial charge in [0.25, 0.3) is 0 Å². The molecular weight excluding hydrogens is 385 g/mol. The quantitative estimate of drug-likeness (QED) is 0.223. The standard InChI is InChI=1S/C24H37N3O2.Na/c28-24(29)17-15-13-11-9-7-5-3-1-2-4-6-8-10-12-14-16-22-19-21-27-23(26-22)18-20-25-27;/h1,3,18-21H,2,4-17H2,(H,28,29);/q;+1/p-1. The summed E-state index contributed by atoms with van der Waals surface area (Å²) in [5.74, 6) is -0.922. The van der Waals surface area contributed by atoms with E-state index in [4.69, 9.17) is 0 Å². The Morgan fingerprint density at radius 2 is 1.47 bits per heavy atom. The number of hydrogen-bond acceptors (Lipinski definition) is 4. The van der Waals surface area contributed by atoms with Gasteiger partial charge in [0.2, 0.25) is 0 Å². The molecule has 0 amide bonds. The van der Waals surface area contributed by atoms with Crippen LogP contribution in [0, 0.1) is 0 Å². The first-order valence-corrected chi connectivity index (χ1v) is 11.4. The summed E-state index contributed by atoms with van der Waals surface area (Å²) in [5, 5.41) is 14.5. The number of nitrogens with zero attached hydrogens (tertiary/aromatic N) is 3. The van der Waals surface area contributed by atoms with Crippen molar-refractivity contribution in [2.45, 2.75) is 96.3 Å². The van der Waals surface area contributed by atoms with Crippen LogP contribution in [0.4, 0.5) is 0 Å². The molecule has 0 spiro atoms. The first-order valence-electron chi connectivity index (χ1n) is 11.4. The predicted octanol–water partition coefficient (Wildman–Crippen LogP) is 2.04. The minimum absolute atomic E-state index is 0. The van der Waals surface area contributed by atoms with Crippen molar-refractivity contribution in [1.82, 2.24) is 14.6 Å². The summed E-state index contributed by atoms with van der Waals surface area (Å²) in [6, 6.07) is 4.02. The van der Waals surface area contributed by atoms with Gasteiger partial charge in [0.05, 0.1) is 6.20 Å². The van der Waals surface area contributed by atoms with E-state index in [0.29, 0.717) is 0 Å². The van der Waals surface area contributed by atoms with E-state index in [1.54, 1.807) is 10.7 Å². The fourth-order valence-corrected chi connectivity index (χ4v) is 3.56. The van der Waals surface area contributed by atoms with Crippen molar-refractivity contribution in [3.05, 3.63) is 42.4 Å². The van der Waals surface area contributed by atoms with Crippen molar-refractivity contribution in [1.29, 1.82) is 0 Å². The molecule has 0 aromatic carbocycles. The zero-order valence-electron chi connectivity index (χ0n) is 18.7. The van der Waals surface area contributed by atoms with E-state index in [0.717, 1.165) is 37.8 Å². The van der Waals surface area contributed by atoms with Crippen LogP contribution in [0.2, 0.25) is 0 Å². The molecule has 0 saturated carbocycles. The van der Waals surface area contributed by atoms with Crippen LogP contribution in [0.3, 0.4) is 0 Å². The van der Waals surface area contributed by atoms with Crippen LogP contribution >= 0.6 is 0 Å². The number of carbonyl (C=O) groups excluding carboxylic acids is 1. The average molecular weight is 422 g/mol. The molecule has 0 aliphatic rings. The zero-order chi connectivity index (χ0) is 20.6. The molecule has 0 aliphatic heterocycles.